The fourth-order valence-electron chi connectivity index (χ4n) is 4.47. The number of hydrogen-bond donors (Lipinski definition) is 0. The first kappa shape index (κ1) is 17.1. The SMILES string of the molecule is CN(C)CCCc1cc2ccccc2c2c3c4c(cncn4c12)C(=O)CC3=O. The molecule has 0 spiro atoms. The van der Waals surface area contributed by atoms with Crippen LogP contribution in [0.2, 0.25) is 0 Å². The van der Waals surface area contributed by atoms with Crippen molar-refractivity contribution in [3.8, 4) is 0 Å². The van der Waals surface area contributed by atoms with Crippen LogP contribution in [-0.2, 0) is 6.42 Å². The molecular formula is C23H21N3O2. The van der Waals surface area contributed by atoms with Crippen LogP contribution in [0.25, 0.3) is 27.2 Å². The zero-order valence-electron chi connectivity index (χ0n) is 16.0. The minimum Gasteiger partial charge on any atom is -0.309 e. The molecule has 28 heavy (non-hydrogen) atoms. The molecule has 2 aromatic carbocycles. The highest BCUT2D eigenvalue weighted by molar-refractivity contribution is 6.32. The Balaban J connectivity index is 1.92. The van der Waals surface area contributed by atoms with Crippen LogP contribution < -0.4 is 0 Å². The van der Waals surface area contributed by atoms with E-state index in [1.54, 1.807) is 12.5 Å². The van der Waals surface area contributed by atoms with Crippen molar-refractivity contribution in [3.63, 3.8) is 0 Å². The second kappa shape index (κ2) is 6.24. The molecule has 0 saturated carbocycles. The van der Waals surface area contributed by atoms with Crippen LogP contribution in [-0.4, -0.2) is 46.5 Å². The Labute approximate surface area is 162 Å². The number of fused-ring (bicyclic) bond motifs is 5. The molecule has 0 fully saturated rings. The topological polar surface area (TPSA) is 54.7 Å². The number of aromatic nitrogens is 2. The lowest BCUT2D eigenvalue weighted by atomic mass is 9.90. The first-order valence-corrected chi connectivity index (χ1v) is 9.59. The van der Waals surface area contributed by atoms with Crippen molar-refractivity contribution in [1.29, 1.82) is 0 Å². The number of rotatable bonds is 4. The molecule has 140 valence electrons. The van der Waals surface area contributed by atoms with Gasteiger partial charge in [-0.05, 0) is 55.9 Å². The zero-order valence-corrected chi connectivity index (χ0v) is 16.0. The van der Waals surface area contributed by atoms with E-state index in [1.807, 2.05) is 16.5 Å². The summed E-state index contributed by atoms with van der Waals surface area (Å²) < 4.78 is 1.96. The predicted octanol–water partition coefficient (Wildman–Crippen LogP) is 3.90. The highest BCUT2D eigenvalue weighted by Gasteiger charge is 2.31. The fourth-order valence-corrected chi connectivity index (χ4v) is 4.47. The van der Waals surface area contributed by atoms with Crippen LogP contribution in [0.3, 0.4) is 0 Å². The van der Waals surface area contributed by atoms with Crippen molar-refractivity contribution >= 4 is 38.8 Å². The third kappa shape index (κ3) is 2.39. The summed E-state index contributed by atoms with van der Waals surface area (Å²) in [6.45, 7) is 0.991. The predicted molar refractivity (Wildman–Crippen MR) is 110 cm³/mol. The molecule has 0 amide bonds. The second-order valence-electron chi connectivity index (χ2n) is 7.81. The Morgan fingerprint density at radius 2 is 1.93 bits per heavy atom. The number of carbonyl (C=O) groups is 2. The summed E-state index contributed by atoms with van der Waals surface area (Å²) in [6.07, 6.45) is 5.17. The molecule has 0 unspecified atom stereocenters. The molecule has 5 nitrogen and oxygen atoms in total. The van der Waals surface area contributed by atoms with Gasteiger partial charge in [0.05, 0.1) is 34.9 Å². The average Bonchev–Trinajstić information content (AvgIpc) is 3.03. The number of hydrogen-bond acceptors (Lipinski definition) is 4. The van der Waals surface area contributed by atoms with E-state index in [0.717, 1.165) is 46.6 Å². The van der Waals surface area contributed by atoms with Gasteiger partial charge in [-0.2, -0.15) is 0 Å². The first-order chi connectivity index (χ1) is 13.6. The largest absolute Gasteiger partial charge is 0.309 e. The number of Topliss-reactive ketones (excluding diaryl/α,β-unsaturated/α-hetero) is 2. The number of carbonyl (C=O) groups excluding carboxylic acids is 2. The molecule has 0 aliphatic heterocycles. The first-order valence-electron chi connectivity index (χ1n) is 9.59. The molecule has 0 bridgehead atoms. The summed E-state index contributed by atoms with van der Waals surface area (Å²) in [4.78, 5) is 31.9. The number of ketones is 2. The monoisotopic (exact) mass is 371 g/mol. The molecule has 2 aromatic heterocycles. The zero-order chi connectivity index (χ0) is 19.4. The van der Waals surface area contributed by atoms with E-state index < -0.39 is 0 Å². The van der Waals surface area contributed by atoms with Gasteiger partial charge >= 0.3 is 0 Å². The maximum atomic E-state index is 13.0. The molecular weight excluding hydrogens is 350 g/mol. The van der Waals surface area contributed by atoms with Gasteiger partial charge in [0.25, 0.3) is 0 Å². The molecule has 0 radical (unpaired) electrons. The Kier molecular flexibility index (Phi) is 3.81. The summed E-state index contributed by atoms with van der Waals surface area (Å²) in [5.41, 5.74) is 4.16. The number of aryl methyl sites for hydroxylation is 1. The van der Waals surface area contributed by atoms with Gasteiger partial charge in [-0.3, -0.25) is 14.0 Å². The van der Waals surface area contributed by atoms with Gasteiger partial charge in [0.1, 0.15) is 0 Å². The van der Waals surface area contributed by atoms with Gasteiger partial charge in [-0.25, -0.2) is 4.98 Å². The van der Waals surface area contributed by atoms with E-state index >= 15 is 0 Å². The molecule has 0 N–H and O–H groups in total. The van der Waals surface area contributed by atoms with E-state index in [-0.39, 0.29) is 18.0 Å². The van der Waals surface area contributed by atoms with Crippen molar-refractivity contribution in [3.05, 3.63) is 59.5 Å². The Morgan fingerprint density at radius 1 is 1.11 bits per heavy atom. The summed E-state index contributed by atoms with van der Waals surface area (Å²) in [5, 5.41) is 3.15. The maximum Gasteiger partial charge on any atom is 0.174 e. The minimum atomic E-state index is -0.142. The highest BCUT2D eigenvalue weighted by Crippen LogP contribution is 2.39. The van der Waals surface area contributed by atoms with Crippen LogP contribution in [0.4, 0.5) is 0 Å². The molecule has 5 heteroatoms. The van der Waals surface area contributed by atoms with E-state index in [1.165, 1.54) is 5.56 Å². The van der Waals surface area contributed by atoms with E-state index in [2.05, 4.69) is 42.2 Å². The molecule has 0 saturated heterocycles. The van der Waals surface area contributed by atoms with Gasteiger partial charge in [0.2, 0.25) is 0 Å². The van der Waals surface area contributed by atoms with Gasteiger partial charge in [0, 0.05) is 11.6 Å². The number of nitrogens with zero attached hydrogens (tertiary/aromatic N) is 3. The fraction of sp³-hybridized carbons (Fsp3) is 0.261. The third-order valence-corrected chi connectivity index (χ3v) is 5.66. The molecule has 0 atom stereocenters. The molecule has 4 aromatic rings. The average molecular weight is 371 g/mol. The van der Waals surface area contributed by atoms with Crippen LogP contribution in [0.15, 0.2) is 42.9 Å². The van der Waals surface area contributed by atoms with Crippen LogP contribution >= 0.6 is 0 Å². The van der Waals surface area contributed by atoms with E-state index in [9.17, 15) is 9.59 Å². The Bertz CT molecular complexity index is 1280. The van der Waals surface area contributed by atoms with E-state index in [4.69, 9.17) is 0 Å². The maximum absolute atomic E-state index is 13.0. The van der Waals surface area contributed by atoms with E-state index in [0.29, 0.717) is 11.1 Å². The van der Waals surface area contributed by atoms with Gasteiger partial charge in [0.15, 0.2) is 11.6 Å². The van der Waals surface area contributed by atoms with Gasteiger partial charge in [-0.1, -0.05) is 24.3 Å². The van der Waals surface area contributed by atoms with Gasteiger partial charge < -0.3 is 4.90 Å². The summed E-state index contributed by atoms with van der Waals surface area (Å²) >= 11 is 0. The summed E-state index contributed by atoms with van der Waals surface area (Å²) in [7, 11) is 4.15. The van der Waals surface area contributed by atoms with Crippen molar-refractivity contribution in [2.45, 2.75) is 19.3 Å². The van der Waals surface area contributed by atoms with Crippen molar-refractivity contribution in [2.24, 2.45) is 0 Å². The second-order valence-corrected chi connectivity index (χ2v) is 7.81. The molecule has 5 rings (SSSR count). The van der Waals surface area contributed by atoms with Crippen LogP contribution in [0.1, 0.15) is 39.1 Å². The lowest BCUT2D eigenvalue weighted by Gasteiger charge is -2.12. The van der Waals surface area contributed by atoms with Crippen molar-refractivity contribution in [1.82, 2.24) is 14.3 Å². The normalized spacial score (nSPS) is 14.1. The highest BCUT2D eigenvalue weighted by atomic mass is 16.1. The summed E-state index contributed by atoms with van der Waals surface area (Å²) in [5.74, 6) is -0.233. The number of benzene rings is 2. The van der Waals surface area contributed by atoms with Crippen molar-refractivity contribution in [2.75, 3.05) is 20.6 Å². The quantitative estimate of drug-likeness (QED) is 0.511. The Hall–Kier alpha value is -3.05. The third-order valence-electron chi connectivity index (χ3n) is 5.66. The smallest absolute Gasteiger partial charge is 0.174 e. The standard InChI is InChI=1S/C23H21N3O2/c1-25(2)9-5-7-15-10-14-6-3-4-8-16(14)20-21-19(28)11-18(27)17-12-24-13-26(22(15)20)23(17)21/h3-4,6,8,10,12-13H,5,7,9,11H2,1-2H3. The van der Waals surface area contributed by atoms with Gasteiger partial charge in [-0.15, -0.1) is 0 Å². The van der Waals surface area contributed by atoms with Crippen LogP contribution in [0, 0.1) is 0 Å². The Morgan fingerprint density at radius 3 is 2.75 bits per heavy atom. The van der Waals surface area contributed by atoms with Crippen molar-refractivity contribution < 1.29 is 9.59 Å². The van der Waals surface area contributed by atoms with Crippen LogP contribution in [0.5, 0.6) is 0 Å². The minimum absolute atomic E-state index is 0.0767. The lowest BCUT2D eigenvalue weighted by molar-refractivity contribution is 0.0890. The molecule has 1 aliphatic rings. The summed E-state index contributed by atoms with van der Waals surface area (Å²) in [6, 6.07) is 10.4. The lowest BCUT2D eigenvalue weighted by Crippen LogP contribution is -2.16. The molecule has 2 heterocycles. The molecule has 1 aliphatic carbocycles.